The summed E-state index contributed by atoms with van der Waals surface area (Å²) in [4.78, 5) is 11.7. The van der Waals surface area contributed by atoms with Gasteiger partial charge in [0.2, 0.25) is 0 Å². The number of rotatable bonds is 3. The molecule has 1 aliphatic carbocycles. The van der Waals surface area contributed by atoms with E-state index in [0.717, 1.165) is 24.8 Å². The van der Waals surface area contributed by atoms with E-state index in [1.54, 1.807) is 0 Å². The van der Waals surface area contributed by atoms with Crippen molar-refractivity contribution in [2.75, 3.05) is 0 Å². The van der Waals surface area contributed by atoms with Crippen molar-refractivity contribution in [1.82, 2.24) is 4.57 Å². The molecule has 0 aromatic carbocycles. The minimum Gasteiger partial charge on any atom is -0.348 e. The highest BCUT2D eigenvalue weighted by atomic mass is 16.1. The van der Waals surface area contributed by atoms with Crippen molar-refractivity contribution in [1.29, 1.82) is 0 Å². The van der Waals surface area contributed by atoms with E-state index in [0.29, 0.717) is 17.7 Å². The minimum atomic E-state index is 0.330. The smallest absolute Gasteiger partial charge is 0.164 e. The van der Waals surface area contributed by atoms with E-state index in [4.69, 9.17) is 0 Å². The minimum absolute atomic E-state index is 0.330. The summed E-state index contributed by atoms with van der Waals surface area (Å²) < 4.78 is 2.31. The van der Waals surface area contributed by atoms with Crippen molar-refractivity contribution in [3.05, 3.63) is 23.5 Å². The molecule has 2 heteroatoms. The SMILES string of the molecule is CC(C)CC(C)n1ccc2c1CCCC2=O. The summed E-state index contributed by atoms with van der Waals surface area (Å²) in [5, 5.41) is 0. The maximum atomic E-state index is 11.7. The van der Waals surface area contributed by atoms with Gasteiger partial charge in [0, 0.05) is 29.9 Å². The lowest BCUT2D eigenvalue weighted by Gasteiger charge is -2.21. The number of hydrogen-bond donors (Lipinski definition) is 0. The molecule has 1 unspecified atom stereocenters. The molecule has 1 atom stereocenters. The first kappa shape index (κ1) is 11.4. The number of carbonyl (C=O) groups excluding carboxylic acids is 1. The predicted molar refractivity (Wildman–Crippen MR) is 65.9 cm³/mol. The molecule has 1 aliphatic rings. The number of nitrogens with zero attached hydrogens (tertiary/aromatic N) is 1. The Kier molecular flexibility index (Phi) is 3.17. The van der Waals surface area contributed by atoms with Gasteiger partial charge in [-0.05, 0) is 38.2 Å². The molecule has 0 amide bonds. The van der Waals surface area contributed by atoms with Crippen LogP contribution in [0.1, 0.15) is 62.1 Å². The van der Waals surface area contributed by atoms with Crippen LogP contribution in [0.5, 0.6) is 0 Å². The van der Waals surface area contributed by atoms with E-state index in [1.165, 1.54) is 12.1 Å². The van der Waals surface area contributed by atoms with E-state index in [1.807, 2.05) is 6.07 Å². The molecule has 1 aromatic rings. The quantitative estimate of drug-likeness (QED) is 0.761. The lowest BCUT2D eigenvalue weighted by Crippen LogP contribution is -2.16. The second-order valence-corrected chi connectivity index (χ2v) is 5.34. The summed E-state index contributed by atoms with van der Waals surface area (Å²) in [6.07, 6.45) is 6.09. The predicted octanol–water partition coefficient (Wildman–Crippen LogP) is 3.61. The Morgan fingerprint density at radius 3 is 2.75 bits per heavy atom. The van der Waals surface area contributed by atoms with Crippen molar-refractivity contribution >= 4 is 5.78 Å². The number of fused-ring (bicyclic) bond motifs is 1. The van der Waals surface area contributed by atoms with E-state index in [9.17, 15) is 4.79 Å². The molecular weight excluding hydrogens is 198 g/mol. The fourth-order valence-electron chi connectivity index (χ4n) is 2.76. The van der Waals surface area contributed by atoms with Crippen LogP contribution in [0.4, 0.5) is 0 Å². The second kappa shape index (κ2) is 4.44. The van der Waals surface area contributed by atoms with Crippen LogP contribution < -0.4 is 0 Å². The van der Waals surface area contributed by atoms with Gasteiger partial charge in [0.15, 0.2) is 5.78 Å². The standard InChI is InChI=1S/C14H21NO/c1-10(2)9-11(3)15-8-7-12-13(15)5-4-6-14(12)16/h7-8,10-11H,4-6,9H2,1-3H3. The number of aromatic nitrogens is 1. The molecule has 0 N–H and O–H groups in total. The van der Waals surface area contributed by atoms with Gasteiger partial charge in [-0.25, -0.2) is 0 Å². The molecule has 0 saturated heterocycles. The van der Waals surface area contributed by atoms with Gasteiger partial charge in [0.1, 0.15) is 0 Å². The van der Waals surface area contributed by atoms with Crippen molar-refractivity contribution in [3.8, 4) is 0 Å². The summed E-state index contributed by atoms with van der Waals surface area (Å²) in [6.45, 7) is 6.74. The molecule has 0 aliphatic heterocycles. The van der Waals surface area contributed by atoms with Crippen LogP contribution in [0.25, 0.3) is 0 Å². The Hall–Kier alpha value is -1.05. The second-order valence-electron chi connectivity index (χ2n) is 5.34. The number of ketones is 1. The molecule has 0 bridgehead atoms. The Labute approximate surface area is 97.7 Å². The highest BCUT2D eigenvalue weighted by molar-refractivity contribution is 5.98. The number of hydrogen-bond acceptors (Lipinski definition) is 1. The number of carbonyl (C=O) groups is 1. The third-order valence-corrected chi connectivity index (χ3v) is 3.43. The molecule has 1 aromatic heterocycles. The third kappa shape index (κ3) is 2.06. The van der Waals surface area contributed by atoms with Crippen LogP contribution in [-0.4, -0.2) is 10.4 Å². The van der Waals surface area contributed by atoms with Gasteiger partial charge in [0.05, 0.1) is 0 Å². The van der Waals surface area contributed by atoms with Gasteiger partial charge in [-0.15, -0.1) is 0 Å². The zero-order valence-corrected chi connectivity index (χ0v) is 10.5. The monoisotopic (exact) mass is 219 g/mol. The maximum Gasteiger partial charge on any atom is 0.164 e. The molecule has 0 saturated carbocycles. The normalized spacial score (nSPS) is 17.6. The maximum absolute atomic E-state index is 11.7. The van der Waals surface area contributed by atoms with Crippen LogP contribution in [-0.2, 0) is 6.42 Å². The van der Waals surface area contributed by atoms with Crippen molar-refractivity contribution in [3.63, 3.8) is 0 Å². The van der Waals surface area contributed by atoms with E-state index in [2.05, 4.69) is 31.5 Å². The molecule has 16 heavy (non-hydrogen) atoms. The highest BCUT2D eigenvalue weighted by Crippen LogP contribution is 2.27. The summed E-state index contributed by atoms with van der Waals surface area (Å²) in [5.74, 6) is 1.03. The summed E-state index contributed by atoms with van der Waals surface area (Å²) in [6, 6.07) is 2.52. The van der Waals surface area contributed by atoms with Crippen molar-refractivity contribution < 1.29 is 4.79 Å². The van der Waals surface area contributed by atoms with Gasteiger partial charge in [-0.3, -0.25) is 4.79 Å². The first-order chi connectivity index (χ1) is 7.59. The highest BCUT2D eigenvalue weighted by Gasteiger charge is 2.22. The first-order valence-corrected chi connectivity index (χ1v) is 6.32. The average Bonchev–Trinajstić information content (AvgIpc) is 2.61. The lowest BCUT2D eigenvalue weighted by molar-refractivity contribution is 0.0971. The summed E-state index contributed by atoms with van der Waals surface area (Å²) >= 11 is 0. The van der Waals surface area contributed by atoms with Crippen LogP contribution in [0.3, 0.4) is 0 Å². The Morgan fingerprint density at radius 2 is 2.06 bits per heavy atom. The summed E-state index contributed by atoms with van der Waals surface area (Å²) in [7, 11) is 0. The van der Waals surface area contributed by atoms with Gasteiger partial charge < -0.3 is 4.57 Å². The molecule has 2 rings (SSSR count). The van der Waals surface area contributed by atoms with Crippen molar-refractivity contribution in [2.24, 2.45) is 5.92 Å². The molecule has 0 fully saturated rings. The van der Waals surface area contributed by atoms with Gasteiger partial charge >= 0.3 is 0 Å². The van der Waals surface area contributed by atoms with E-state index >= 15 is 0 Å². The molecule has 2 nitrogen and oxygen atoms in total. The number of Topliss-reactive ketones (excluding diaryl/α,β-unsaturated/α-hetero) is 1. The average molecular weight is 219 g/mol. The lowest BCUT2D eigenvalue weighted by atomic mass is 9.96. The molecule has 88 valence electrons. The Bertz CT molecular complexity index is 389. The third-order valence-electron chi connectivity index (χ3n) is 3.43. The zero-order chi connectivity index (χ0) is 11.7. The fourth-order valence-corrected chi connectivity index (χ4v) is 2.76. The molecular formula is C14H21NO. The Balaban J connectivity index is 2.26. The first-order valence-electron chi connectivity index (χ1n) is 6.32. The van der Waals surface area contributed by atoms with Gasteiger partial charge in [-0.1, -0.05) is 13.8 Å². The van der Waals surface area contributed by atoms with Crippen LogP contribution in [0, 0.1) is 5.92 Å². The van der Waals surface area contributed by atoms with E-state index < -0.39 is 0 Å². The van der Waals surface area contributed by atoms with Crippen LogP contribution in [0.2, 0.25) is 0 Å². The Morgan fingerprint density at radius 1 is 1.31 bits per heavy atom. The summed E-state index contributed by atoms with van der Waals surface area (Å²) in [5.41, 5.74) is 2.24. The molecule has 1 heterocycles. The van der Waals surface area contributed by atoms with Crippen molar-refractivity contribution in [2.45, 2.75) is 52.5 Å². The fraction of sp³-hybridized carbons (Fsp3) is 0.643. The van der Waals surface area contributed by atoms with Gasteiger partial charge in [-0.2, -0.15) is 0 Å². The molecule has 0 spiro atoms. The largest absolute Gasteiger partial charge is 0.348 e. The zero-order valence-electron chi connectivity index (χ0n) is 10.5. The van der Waals surface area contributed by atoms with Crippen LogP contribution in [0.15, 0.2) is 12.3 Å². The van der Waals surface area contributed by atoms with Crippen LogP contribution >= 0.6 is 0 Å². The molecule has 0 radical (unpaired) electrons. The van der Waals surface area contributed by atoms with Gasteiger partial charge in [0.25, 0.3) is 0 Å². The van der Waals surface area contributed by atoms with E-state index in [-0.39, 0.29) is 0 Å². The topological polar surface area (TPSA) is 22.0 Å².